The smallest absolute Gasteiger partial charge is 0.410 e. The summed E-state index contributed by atoms with van der Waals surface area (Å²) in [4.78, 5) is 12.4. The van der Waals surface area contributed by atoms with Gasteiger partial charge in [0.15, 0.2) is 5.79 Å². The van der Waals surface area contributed by atoms with Crippen molar-refractivity contribution in [2.75, 3.05) is 11.9 Å². The molecule has 2 heterocycles. The van der Waals surface area contributed by atoms with Crippen LogP contribution >= 0.6 is 0 Å². The van der Waals surface area contributed by atoms with Crippen molar-refractivity contribution in [2.45, 2.75) is 83.5 Å². The fourth-order valence-corrected chi connectivity index (χ4v) is 9.42. The molecule has 5 nitrogen and oxygen atoms in total. The van der Waals surface area contributed by atoms with Crippen molar-refractivity contribution in [3.8, 4) is 5.75 Å². The van der Waals surface area contributed by atoms with Crippen LogP contribution in [0.1, 0.15) is 76.3 Å². The van der Waals surface area contributed by atoms with E-state index in [0.29, 0.717) is 58.5 Å². The van der Waals surface area contributed by atoms with E-state index < -0.39 is 6.09 Å². The summed E-state index contributed by atoms with van der Waals surface area (Å²) in [6, 6.07) is 11.8. The van der Waals surface area contributed by atoms with E-state index in [1.54, 1.807) is 0 Å². The lowest BCUT2D eigenvalue weighted by Gasteiger charge is -2.52. The molecule has 2 aromatic carbocycles. The molecule has 0 radical (unpaired) electrons. The summed E-state index contributed by atoms with van der Waals surface area (Å²) in [5, 5.41) is 2.67. The zero-order chi connectivity index (χ0) is 26.9. The number of carbonyl (C=O) groups excluding carboxylic acids is 1. The SMILES string of the molecule is C[C@@H]1CC[C@@]2(OC1)O[C@H]1C[C@H]3[C@@H]4CCc5cc(OC(=O)Nc6ccc(F)cc6)ccc5[C@H]4CC[C@]3(C)[C@H]1[C@@H]2C. The minimum Gasteiger partial charge on any atom is -0.410 e. The molecule has 0 bridgehead atoms. The van der Waals surface area contributed by atoms with E-state index >= 15 is 0 Å². The van der Waals surface area contributed by atoms with Gasteiger partial charge in [-0.1, -0.05) is 26.8 Å². The van der Waals surface area contributed by atoms with E-state index in [1.165, 1.54) is 61.1 Å². The molecule has 2 saturated carbocycles. The third kappa shape index (κ3) is 4.12. The van der Waals surface area contributed by atoms with Gasteiger partial charge in [0.25, 0.3) is 0 Å². The number of nitrogens with one attached hydrogen (secondary N) is 1. The summed E-state index contributed by atoms with van der Waals surface area (Å²) in [7, 11) is 0. The molecule has 0 unspecified atom stereocenters. The molecule has 9 atom stereocenters. The zero-order valence-electron chi connectivity index (χ0n) is 23.3. The molecule has 208 valence electrons. The molecular formula is C33H40FNO4. The van der Waals surface area contributed by atoms with Gasteiger partial charge in [0.2, 0.25) is 0 Å². The molecule has 0 aromatic heterocycles. The minimum atomic E-state index is -0.565. The van der Waals surface area contributed by atoms with Crippen LogP contribution in [0.2, 0.25) is 0 Å². The minimum absolute atomic E-state index is 0.306. The average Bonchev–Trinajstić information content (AvgIpc) is 3.37. The Morgan fingerprint density at radius 1 is 1.08 bits per heavy atom. The molecule has 1 N–H and O–H groups in total. The molecule has 7 rings (SSSR count). The molecule has 6 heteroatoms. The van der Waals surface area contributed by atoms with Gasteiger partial charge in [-0.25, -0.2) is 9.18 Å². The first-order valence-electron chi connectivity index (χ1n) is 14.9. The standard InChI is InChI=1S/C33H40FNO4/c1-19-12-15-33(37-18-19)20(2)30-29(39-33)17-28-27-10-4-21-16-24(9-11-25(21)26(27)13-14-32(28,30)3)38-31(36)35-23-7-5-22(34)6-8-23/h5-9,11,16,19-20,26-30H,4,10,12-15,17-18H2,1-3H3,(H,35,36)/t19-,20+,26-,27-,28+,29+,30+,32+,33-/m1/s1. The van der Waals surface area contributed by atoms with Crippen molar-refractivity contribution in [1.29, 1.82) is 0 Å². The molecule has 1 amide bonds. The second kappa shape index (κ2) is 9.31. The van der Waals surface area contributed by atoms with E-state index in [2.05, 4.69) is 32.2 Å². The Bertz CT molecular complexity index is 1250. The normalized spacial score (nSPS) is 40.4. The van der Waals surface area contributed by atoms with Crippen LogP contribution < -0.4 is 10.1 Å². The van der Waals surface area contributed by atoms with Crippen LogP contribution in [0.5, 0.6) is 5.75 Å². The summed E-state index contributed by atoms with van der Waals surface area (Å²) < 4.78 is 32.1. The Balaban J connectivity index is 1.05. The molecule has 39 heavy (non-hydrogen) atoms. The third-order valence-corrected chi connectivity index (χ3v) is 11.3. The fraction of sp³-hybridized carbons (Fsp3) is 0.606. The fourth-order valence-electron chi connectivity index (χ4n) is 9.42. The number of hydrogen-bond acceptors (Lipinski definition) is 4. The van der Waals surface area contributed by atoms with Gasteiger partial charge in [0, 0.05) is 18.0 Å². The Morgan fingerprint density at radius 2 is 1.90 bits per heavy atom. The van der Waals surface area contributed by atoms with Gasteiger partial charge in [0.05, 0.1) is 12.7 Å². The molecular weight excluding hydrogens is 493 g/mol. The number of anilines is 1. The lowest BCUT2D eigenvalue weighted by Crippen LogP contribution is -2.48. The number of ether oxygens (including phenoxy) is 3. The van der Waals surface area contributed by atoms with Crippen molar-refractivity contribution in [3.05, 3.63) is 59.4 Å². The predicted octanol–water partition coefficient (Wildman–Crippen LogP) is 7.70. The quantitative estimate of drug-likeness (QED) is 0.430. The van der Waals surface area contributed by atoms with Gasteiger partial charge in [0.1, 0.15) is 11.6 Å². The average molecular weight is 534 g/mol. The maximum atomic E-state index is 13.2. The Labute approximate surface area is 230 Å². The second-order valence-electron chi connectivity index (χ2n) is 13.3. The number of carbonyl (C=O) groups is 1. The topological polar surface area (TPSA) is 56.8 Å². The van der Waals surface area contributed by atoms with Crippen LogP contribution in [0.15, 0.2) is 42.5 Å². The number of hydrogen-bond donors (Lipinski definition) is 1. The van der Waals surface area contributed by atoms with Crippen LogP contribution in [-0.2, 0) is 15.9 Å². The van der Waals surface area contributed by atoms with Crippen molar-refractivity contribution in [2.24, 2.45) is 35.0 Å². The molecule has 3 aliphatic carbocycles. The van der Waals surface area contributed by atoms with E-state index in [9.17, 15) is 9.18 Å². The highest BCUT2D eigenvalue weighted by atomic mass is 19.1. The molecule has 2 aliphatic heterocycles. The van der Waals surface area contributed by atoms with Crippen LogP contribution in [-0.4, -0.2) is 24.6 Å². The highest BCUT2D eigenvalue weighted by Gasteiger charge is 2.67. The lowest BCUT2D eigenvalue weighted by molar-refractivity contribution is -0.272. The van der Waals surface area contributed by atoms with Crippen molar-refractivity contribution < 1.29 is 23.4 Å². The first kappa shape index (κ1) is 25.5. The van der Waals surface area contributed by atoms with E-state index in [4.69, 9.17) is 14.2 Å². The second-order valence-corrected chi connectivity index (χ2v) is 13.3. The summed E-state index contributed by atoms with van der Waals surface area (Å²) in [5.41, 5.74) is 3.55. The monoisotopic (exact) mass is 533 g/mol. The van der Waals surface area contributed by atoms with Gasteiger partial charge >= 0.3 is 6.09 Å². The van der Waals surface area contributed by atoms with Crippen LogP contribution in [0.25, 0.3) is 0 Å². The largest absolute Gasteiger partial charge is 0.417 e. The maximum Gasteiger partial charge on any atom is 0.417 e. The molecule has 5 aliphatic rings. The summed E-state index contributed by atoms with van der Waals surface area (Å²) in [6.07, 6.45) is 7.78. The Morgan fingerprint density at radius 3 is 2.67 bits per heavy atom. The van der Waals surface area contributed by atoms with Crippen molar-refractivity contribution in [3.63, 3.8) is 0 Å². The first-order valence-corrected chi connectivity index (χ1v) is 14.9. The summed E-state index contributed by atoms with van der Waals surface area (Å²) in [6.45, 7) is 8.08. The third-order valence-electron chi connectivity index (χ3n) is 11.3. The highest BCUT2D eigenvalue weighted by molar-refractivity contribution is 5.86. The Hall–Kier alpha value is -2.44. The highest BCUT2D eigenvalue weighted by Crippen LogP contribution is 2.69. The van der Waals surface area contributed by atoms with E-state index in [0.717, 1.165) is 25.9 Å². The number of aryl methyl sites for hydroxylation is 1. The van der Waals surface area contributed by atoms with Crippen LogP contribution in [0.4, 0.5) is 14.9 Å². The Kier molecular flexibility index (Phi) is 6.09. The number of fused-ring (bicyclic) bond motifs is 7. The number of benzene rings is 2. The lowest BCUT2D eigenvalue weighted by atomic mass is 9.53. The molecule has 4 fully saturated rings. The van der Waals surface area contributed by atoms with Gasteiger partial charge in [-0.15, -0.1) is 0 Å². The van der Waals surface area contributed by atoms with Crippen molar-refractivity contribution >= 4 is 11.8 Å². The van der Waals surface area contributed by atoms with E-state index in [1.807, 2.05) is 12.1 Å². The first-order chi connectivity index (χ1) is 18.8. The molecule has 1 spiro atoms. The summed E-state index contributed by atoms with van der Waals surface area (Å²) >= 11 is 0. The van der Waals surface area contributed by atoms with Gasteiger partial charge in [-0.2, -0.15) is 0 Å². The molecule has 2 saturated heterocycles. The molecule has 2 aromatic rings. The number of amides is 1. The predicted molar refractivity (Wildman–Crippen MR) is 147 cm³/mol. The van der Waals surface area contributed by atoms with Crippen molar-refractivity contribution in [1.82, 2.24) is 0 Å². The van der Waals surface area contributed by atoms with Gasteiger partial charge < -0.3 is 14.2 Å². The van der Waals surface area contributed by atoms with Crippen LogP contribution in [0, 0.1) is 40.8 Å². The van der Waals surface area contributed by atoms with Gasteiger partial charge in [-0.3, -0.25) is 5.32 Å². The van der Waals surface area contributed by atoms with Crippen LogP contribution in [0.3, 0.4) is 0 Å². The van der Waals surface area contributed by atoms with E-state index in [-0.39, 0.29) is 11.6 Å². The number of halogens is 1. The number of rotatable bonds is 2. The van der Waals surface area contributed by atoms with Gasteiger partial charge in [-0.05, 0) is 121 Å². The zero-order valence-corrected chi connectivity index (χ0v) is 23.3. The summed E-state index contributed by atoms with van der Waals surface area (Å²) in [5.74, 6) is 3.42. The maximum absolute atomic E-state index is 13.2.